The Morgan fingerprint density at radius 1 is 1.21 bits per heavy atom. The van der Waals surface area contributed by atoms with Gasteiger partial charge in [0.25, 0.3) is 0 Å². The highest BCUT2D eigenvalue weighted by molar-refractivity contribution is 7.10. The van der Waals surface area contributed by atoms with Gasteiger partial charge in [0.2, 0.25) is 0 Å². The van der Waals surface area contributed by atoms with Gasteiger partial charge in [-0.2, -0.15) is 0 Å². The summed E-state index contributed by atoms with van der Waals surface area (Å²) in [6.45, 7) is 5.73. The molecule has 6 heteroatoms. The minimum absolute atomic E-state index is 0.0162. The molecule has 0 radical (unpaired) electrons. The van der Waals surface area contributed by atoms with E-state index < -0.39 is 0 Å². The monoisotopic (exact) mass is 345 g/mol. The molecule has 0 saturated carbocycles. The topological polar surface area (TPSA) is 44.8 Å². The van der Waals surface area contributed by atoms with Gasteiger partial charge in [-0.15, -0.1) is 11.3 Å². The van der Waals surface area contributed by atoms with E-state index in [-0.39, 0.29) is 6.03 Å². The number of anilines is 1. The first-order valence-corrected chi connectivity index (χ1v) is 9.00. The van der Waals surface area contributed by atoms with Gasteiger partial charge >= 0.3 is 6.03 Å². The van der Waals surface area contributed by atoms with E-state index in [1.165, 1.54) is 10.4 Å². The molecule has 0 bridgehead atoms. The molecule has 1 aromatic heterocycles. The number of ether oxygens (including phenoxy) is 1. The molecule has 1 aliphatic heterocycles. The van der Waals surface area contributed by atoms with Crippen molar-refractivity contribution in [3.8, 4) is 5.75 Å². The van der Waals surface area contributed by atoms with E-state index in [1.54, 1.807) is 18.4 Å². The molecular formula is C18H23N3O2S. The molecule has 1 aromatic carbocycles. The number of carbonyl (C=O) groups excluding carboxylic acids is 1. The number of nitrogens with zero attached hydrogens (tertiary/aromatic N) is 2. The maximum Gasteiger partial charge on any atom is 0.317 e. The third-order valence-electron chi connectivity index (χ3n) is 4.36. The summed E-state index contributed by atoms with van der Waals surface area (Å²) in [4.78, 5) is 17.7. The first-order valence-electron chi connectivity index (χ1n) is 8.12. The van der Waals surface area contributed by atoms with E-state index in [4.69, 9.17) is 4.74 Å². The number of benzene rings is 1. The van der Waals surface area contributed by atoms with Crippen LogP contribution in [0.2, 0.25) is 0 Å². The van der Waals surface area contributed by atoms with Gasteiger partial charge in [-0.25, -0.2) is 4.79 Å². The second-order valence-electron chi connectivity index (χ2n) is 5.83. The predicted molar refractivity (Wildman–Crippen MR) is 98.1 cm³/mol. The summed E-state index contributed by atoms with van der Waals surface area (Å²) < 4.78 is 5.43. The molecule has 1 saturated heterocycles. The normalized spacial score (nSPS) is 14.6. The standard InChI is InChI=1S/C18H23N3O2S/c1-14-7-12-24-17(14)13-19-18(22)21-10-8-20(9-11-21)15-5-3-4-6-16(15)23-2/h3-7,12H,8-11,13H2,1-2H3,(H,19,22). The Morgan fingerprint density at radius 3 is 2.62 bits per heavy atom. The molecule has 0 aliphatic carbocycles. The van der Waals surface area contributed by atoms with Crippen molar-refractivity contribution in [1.82, 2.24) is 10.2 Å². The molecule has 3 rings (SSSR count). The lowest BCUT2D eigenvalue weighted by molar-refractivity contribution is 0.194. The summed E-state index contributed by atoms with van der Waals surface area (Å²) in [7, 11) is 1.69. The van der Waals surface area contributed by atoms with Crippen molar-refractivity contribution < 1.29 is 9.53 Å². The van der Waals surface area contributed by atoms with Gasteiger partial charge in [-0.1, -0.05) is 12.1 Å². The number of thiophene rings is 1. The summed E-state index contributed by atoms with van der Waals surface area (Å²) in [6, 6.07) is 10.1. The number of hydrogen-bond acceptors (Lipinski definition) is 4. The number of piperazine rings is 1. The second kappa shape index (κ2) is 7.57. The number of methoxy groups -OCH3 is 1. The van der Waals surface area contributed by atoms with Gasteiger partial charge in [-0.3, -0.25) is 0 Å². The van der Waals surface area contributed by atoms with Crippen LogP contribution in [0.25, 0.3) is 0 Å². The smallest absolute Gasteiger partial charge is 0.317 e. The third-order valence-corrected chi connectivity index (χ3v) is 5.38. The first-order chi connectivity index (χ1) is 11.7. The number of amides is 2. The Labute approximate surface area is 146 Å². The molecule has 0 spiro atoms. The summed E-state index contributed by atoms with van der Waals surface area (Å²) in [5.74, 6) is 0.878. The van der Waals surface area contributed by atoms with Gasteiger partial charge in [-0.05, 0) is 36.1 Å². The number of para-hydroxylation sites is 2. The van der Waals surface area contributed by atoms with E-state index in [9.17, 15) is 4.79 Å². The molecule has 2 aromatic rings. The Kier molecular flexibility index (Phi) is 5.25. The molecule has 24 heavy (non-hydrogen) atoms. The largest absolute Gasteiger partial charge is 0.495 e. The summed E-state index contributed by atoms with van der Waals surface area (Å²) in [5.41, 5.74) is 2.33. The van der Waals surface area contributed by atoms with E-state index in [2.05, 4.69) is 34.7 Å². The molecule has 2 heterocycles. The lowest BCUT2D eigenvalue weighted by Crippen LogP contribution is -2.51. The van der Waals surface area contributed by atoms with Crippen LogP contribution in [-0.2, 0) is 6.54 Å². The van der Waals surface area contributed by atoms with Crippen LogP contribution in [0.1, 0.15) is 10.4 Å². The van der Waals surface area contributed by atoms with Gasteiger partial charge in [0, 0.05) is 31.1 Å². The maximum atomic E-state index is 12.3. The minimum atomic E-state index is 0.0162. The van der Waals surface area contributed by atoms with Crippen molar-refractivity contribution >= 4 is 23.1 Å². The minimum Gasteiger partial charge on any atom is -0.495 e. The van der Waals surface area contributed by atoms with E-state index in [1.807, 2.05) is 23.1 Å². The van der Waals surface area contributed by atoms with Crippen molar-refractivity contribution in [3.63, 3.8) is 0 Å². The Balaban J connectivity index is 1.53. The summed E-state index contributed by atoms with van der Waals surface area (Å²) in [6.07, 6.45) is 0. The lowest BCUT2D eigenvalue weighted by Gasteiger charge is -2.36. The molecule has 128 valence electrons. The SMILES string of the molecule is COc1ccccc1N1CCN(C(=O)NCc2sccc2C)CC1. The van der Waals surface area contributed by atoms with Crippen molar-refractivity contribution in [1.29, 1.82) is 0 Å². The quantitative estimate of drug-likeness (QED) is 0.926. The van der Waals surface area contributed by atoms with Crippen LogP contribution in [0.3, 0.4) is 0 Å². The van der Waals surface area contributed by atoms with Crippen molar-refractivity contribution in [2.45, 2.75) is 13.5 Å². The molecule has 1 aliphatic rings. The maximum absolute atomic E-state index is 12.3. The summed E-state index contributed by atoms with van der Waals surface area (Å²) >= 11 is 1.68. The molecule has 1 N–H and O–H groups in total. The van der Waals surface area contributed by atoms with Crippen LogP contribution in [0.4, 0.5) is 10.5 Å². The Bertz CT molecular complexity index is 693. The van der Waals surface area contributed by atoms with E-state index in [0.717, 1.165) is 24.5 Å². The Morgan fingerprint density at radius 2 is 1.96 bits per heavy atom. The average molecular weight is 345 g/mol. The van der Waals surface area contributed by atoms with Gasteiger partial charge < -0.3 is 19.9 Å². The van der Waals surface area contributed by atoms with E-state index in [0.29, 0.717) is 19.6 Å². The first kappa shape index (κ1) is 16.6. The zero-order chi connectivity index (χ0) is 16.9. The molecule has 2 amide bonds. The van der Waals surface area contributed by atoms with Crippen molar-refractivity contribution in [3.05, 3.63) is 46.2 Å². The van der Waals surface area contributed by atoms with E-state index >= 15 is 0 Å². The highest BCUT2D eigenvalue weighted by atomic mass is 32.1. The number of aryl methyl sites for hydroxylation is 1. The van der Waals surface area contributed by atoms with Crippen LogP contribution in [0.15, 0.2) is 35.7 Å². The molecule has 5 nitrogen and oxygen atoms in total. The zero-order valence-electron chi connectivity index (χ0n) is 14.1. The zero-order valence-corrected chi connectivity index (χ0v) is 14.9. The number of carbonyl (C=O) groups is 1. The third kappa shape index (κ3) is 3.64. The number of rotatable bonds is 4. The van der Waals surface area contributed by atoms with Crippen LogP contribution < -0.4 is 15.0 Å². The van der Waals surface area contributed by atoms with Crippen LogP contribution in [0.5, 0.6) is 5.75 Å². The fraction of sp³-hybridized carbons (Fsp3) is 0.389. The fourth-order valence-electron chi connectivity index (χ4n) is 2.89. The van der Waals surface area contributed by atoms with Crippen LogP contribution in [0, 0.1) is 6.92 Å². The molecule has 0 atom stereocenters. The summed E-state index contributed by atoms with van der Waals surface area (Å²) in [5, 5.41) is 5.09. The predicted octanol–water partition coefficient (Wildman–Crippen LogP) is 3.10. The number of hydrogen-bond donors (Lipinski definition) is 1. The fourth-order valence-corrected chi connectivity index (χ4v) is 3.74. The van der Waals surface area contributed by atoms with Crippen molar-refractivity contribution in [2.75, 3.05) is 38.2 Å². The van der Waals surface area contributed by atoms with Gasteiger partial charge in [0.15, 0.2) is 0 Å². The number of nitrogens with one attached hydrogen (secondary N) is 1. The second-order valence-corrected chi connectivity index (χ2v) is 6.83. The molecule has 0 unspecified atom stereocenters. The van der Waals surface area contributed by atoms with Gasteiger partial charge in [0.05, 0.1) is 19.3 Å². The molecular weight excluding hydrogens is 322 g/mol. The number of urea groups is 1. The lowest BCUT2D eigenvalue weighted by atomic mass is 10.2. The van der Waals surface area contributed by atoms with Crippen molar-refractivity contribution in [2.24, 2.45) is 0 Å². The highest BCUT2D eigenvalue weighted by Gasteiger charge is 2.22. The van der Waals surface area contributed by atoms with Gasteiger partial charge in [0.1, 0.15) is 5.75 Å². The van der Waals surface area contributed by atoms with Crippen LogP contribution in [-0.4, -0.2) is 44.2 Å². The molecule has 1 fully saturated rings. The Hall–Kier alpha value is -2.21. The van der Waals surface area contributed by atoms with Crippen LogP contribution >= 0.6 is 11.3 Å². The highest BCUT2D eigenvalue weighted by Crippen LogP contribution is 2.28. The average Bonchev–Trinajstić information content (AvgIpc) is 3.04.